The zero-order valence-corrected chi connectivity index (χ0v) is 19.9. The lowest BCUT2D eigenvalue weighted by atomic mass is 9.93. The van der Waals surface area contributed by atoms with Gasteiger partial charge in [0, 0.05) is 17.7 Å². The van der Waals surface area contributed by atoms with Crippen LogP contribution in [0.1, 0.15) is 47.2 Å². The van der Waals surface area contributed by atoms with Crippen molar-refractivity contribution in [3.05, 3.63) is 107 Å². The Hall–Kier alpha value is -3.47. The largest absolute Gasteiger partial charge is 0.458 e. The van der Waals surface area contributed by atoms with E-state index >= 15 is 0 Å². The number of aryl methyl sites for hydroxylation is 1. The molecule has 4 aromatic rings. The highest BCUT2D eigenvalue weighted by Crippen LogP contribution is 2.31. The van der Waals surface area contributed by atoms with Gasteiger partial charge >= 0.3 is 0 Å². The fourth-order valence-electron chi connectivity index (χ4n) is 4.00. The quantitative estimate of drug-likeness (QED) is 0.234. The number of carbonyl (C=O) groups is 1. The van der Waals surface area contributed by atoms with Gasteiger partial charge in [0.2, 0.25) is 0 Å². The molecule has 0 fully saturated rings. The second-order valence-electron chi connectivity index (χ2n) is 8.28. The van der Waals surface area contributed by atoms with E-state index in [1.165, 1.54) is 0 Å². The fraction of sp³-hybridized carbons (Fsp3) is 0.233. The monoisotopic (exact) mass is 454 g/mol. The molecule has 0 N–H and O–H groups in total. The van der Waals surface area contributed by atoms with Crippen LogP contribution in [0, 0.1) is 6.92 Å². The molecule has 174 valence electrons. The van der Waals surface area contributed by atoms with Crippen LogP contribution in [-0.2, 0) is 16.1 Å². The van der Waals surface area contributed by atoms with Crippen LogP contribution < -0.4 is 0 Å². The van der Waals surface area contributed by atoms with Crippen molar-refractivity contribution in [2.75, 3.05) is 13.2 Å². The number of Topliss-reactive ketones (excluding diaryl/α,β-unsaturated/α-hetero) is 1. The predicted octanol–water partition coefficient (Wildman–Crippen LogP) is 7.42. The van der Waals surface area contributed by atoms with Gasteiger partial charge in [-0.2, -0.15) is 0 Å². The molecule has 3 aromatic carbocycles. The highest BCUT2D eigenvalue weighted by molar-refractivity contribution is 6.01. The Morgan fingerprint density at radius 1 is 0.912 bits per heavy atom. The number of benzene rings is 3. The molecule has 4 nitrogen and oxygen atoms in total. The molecule has 4 heteroatoms. The third kappa shape index (κ3) is 5.53. The summed E-state index contributed by atoms with van der Waals surface area (Å²) in [5.41, 5.74) is 5.83. The molecule has 0 aliphatic rings. The predicted molar refractivity (Wildman–Crippen MR) is 135 cm³/mol. The number of hydrogen-bond donors (Lipinski definition) is 0. The van der Waals surface area contributed by atoms with Crippen molar-refractivity contribution in [3.63, 3.8) is 0 Å². The normalized spacial score (nSPS) is 12.0. The van der Waals surface area contributed by atoms with E-state index in [2.05, 4.69) is 13.0 Å². The molecular weight excluding hydrogens is 424 g/mol. The first-order valence-electron chi connectivity index (χ1n) is 11.6. The minimum Gasteiger partial charge on any atom is -0.458 e. The molecule has 0 spiro atoms. The minimum atomic E-state index is -0.341. The van der Waals surface area contributed by atoms with Gasteiger partial charge < -0.3 is 13.9 Å². The first-order valence-corrected chi connectivity index (χ1v) is 11.6. The standard InChI is InChI=1S/C30H30O4/c1-4-32-20-30(29-17-16-28(34-29)24-11-6-5-7-12-24)33-19-23-14-15-26(22(3)31)27(18-23)25-13-9-8-10-21(25)2/h5-18,30H,4,19-20H2,1-3H3. The molecule has 0 saturated carbocycles. The number of rotatable bonds is 10. The highest BCUT2D eigenvalue weighted by Gasteiger charge is 2.19. The Morgan fingerprint density at radius 3 is 2.41 bits per heavy atom. The maximum absolute atomic E-state index is 12.3. The third-order valence-electron chi connectivity index (χ3n) is 5.83. The van der Waals surface area contributed by atoms with E-state index in [4.69, 9.17) is 13.9 Å². The first kappa shape index (κ1) is 23.7. The fourth-order valence-corrected chi connectivity index (χ4v) is 4.00. The molecule has 1 heterocycles. The van der Waals surface area contributed by atoms with E-state index in [9.17, 15) is 4.79 Å². The van der Waals surface area contributed by atoms with Crippen LogP contribution in [-0.4, -0.2) is 19.0 Å². The van der Waals surface area contributed by atoms with Gasteiger partial charge in [0.05, 0.1) is 13.2 Å². The van der Waals surface area contributed by atoms with Crippen LogP contribution in [0.25, 0.3) is 22.5 Å². The maximum Gasteiger partial charge on any atom is 0.160 e. The highest BCUT2D eigenvalue weighted by atomic mass is 16.5. The maximum atomic E-state index is 12.3. The van der Waals surface area contributed by atoms with Crippen LogP contribution in [0.4, 0.5) is 0 Å². The van der Waals surface area contributed by atoms with Gasteiger partial charge in [0.15, 0.2) is 5.78 Å². The van der Waals surface area contributed by atoms with E-state index in [0.29, 0.717) is 25.4 Å². The lowest BCUT2D eigenvalue weighted by molar-refractivity contribution is -0.0338. The van der Waals surface area contributed by atoms with Gasteiger partial charge in [-0.3, -0.25) is 4.79 Å². The first-order chi connectivity index (χ1) is 16.6. The lowest BCUT2D eigenvalue weighted by Gasteiger charge is -2.17. The van der Waals surface area contributed by atoms with Crippen LogP contribution in [0.3, 0.4) is 0 Å². The summed E-state index contributed by atoms with van der Waals surface area (Å²) >= 11 is 0. The van der Waals surface area contributed by atoms with Crippen LogP contribution in [0.5, 0.6) is 0 Å². The van der Waals surface area contributed by atoms with Gasteiger partial charge in [-0.15, -0.1) is 0 Å². The zero-order valence-electron chi connectivity index (χ0n) is 19.9. The minimum absolute atomic E-state index is 0.0453. The van der Waals surface area contributed by atoms with E-state index in [1.54, 1.807) is 6.92 Å². The number of ketones is 1. The smallest absolute Gasteiger partial charge is 0.160 e. The van der Waals surface area contributed by atoms with Gasteiger partial charge in [-0.05, 0) is 61.2 Å². The van der Waals surface area contributed by atoms with Gasteiger partial charge in [-0.25, -0.2) is 0 Å². The topological polar surface area (TPSA) is 48.7 Å². The molecule has 1 atom stereocenters. The Morgan fingerprint density at radius 2 is 1.68 bits per heavy atom. The van der Waals surface area contributed by atoms with Crippen molar-refractivity contribution >= 4 is 5.78 Å². The molecule has 0 saturated heterocycles. The summed E-state index contributed by atoms with van der Waals surface area (Å²) in [5.74, 6) is 1.57. The third-order valence-corrected chi connectivity index (χ3v) is 5.83. The summed E-state index contributed by atoms with van der Waals surface area (Å²) in [6.07, 6.45) is -0.341. The summed E-state index contributed by atoms with van der Waals surface area (Å²) in [5, 5.41) is 0. The molecule has 1 unspecified atom stereocenters. The summed E-state index contributed by atoms with van der Waals surface area (Å²) in [4.78, 5) is 12.3. The lowest BCUT2D eigenvalue weighted by Crippen LogP contribution is -2.11. The van der Waals surface area contributed by atoms with Crippen molar-refractivity contribution in [1.82, 2.24) is 0 Å². The second-order valence-corrected chi connectivity index (χ2v) is 8.28. The van der Waals surface area contributed by atoms with E-state index in [0.717, 1.165) is 39.3 Å². The van der Waals surface area contributed by atoms with Crippen molar-refractivity contribution in [2.45, 2.75) is 33.5 Å². The van der Waals surface area contributed by atoms with E-state index < -0.39 is 0 Å². The molecule has 0 aliphatic carbocycles. The van der Waals surface area contributed by atoms with Crippen LogP contribution >= 0.6 is 0 Å². The van der Waals surface area contributed by atoms with Crippen molar-refractivity contribution in [3.8, 4) is 22.5 Å². The summed E-state index contributed by atoms with van der Waals surface area (Å²) in [7, 11) is 0. The SMILES string of the molecule is CCOCC(OCc1ccc(C(C)=O)c(-c2ccccc2C)c1)c1ccc(-c2ccccc2)o1. The number of ether oxygens (including phenoxy) is 2. The molecular formula is C30H30O4. The summed E-state index contributed by atoms with van der Waals surface area (Å²) < 4.78 is 18.1. The number of carbonyl (C=O) groups excluding carboxylic acids is 1. The van der Waals surface area contributed by atoms with Crippen LogP contribution in [0.15, 0.2) is 89.3 Å². The van der Waals surface area contributed by atoms with Gasteiger partial charge in [0.1, 0.15) is 17.6 Å². The van der Waals surface area contributed by atoms with Crippen molar-refractivity contribution < 1.29 is 18.7 Å². The number of furan rings is 1. The van der Waals surface area contributed by atoms with Gasteiger partial charge in [-0.1, -0.05) is 66.7 Å². The molecule has 0 amide bonds. The molecule has 0 aliphatic heterocycles. The number of hydrogen-bond acceptors (Lipinski definition) is 4. The Kier molecular flexibility index (Phi) is 7.73. The molecule has 34 heavy (non-hydrogen) atoms. The Bertz CT molecular complexity index is 1240. The Labute approximate surface area is 201 Å². The van der Waals surface area contributed by atoms with E-state index in [-0.39, 0.29) is 11.9 Å². The molecule has 0 bridgehead atoms. The van der Waals surface area contributed by atoms with Gasteiger partial charge in [0.25, 0.3) is 0 Å². The average molecular weight is 455 g/mol. The van der Waals surface area contributed by atoms with E-state index in [1.807, 2.05) is 85.8 Å². The Balaban J connectivity index is 1.57. The zero-order chi connectivity index (χ0) is 23.9. The summed E-state index contributed by atoms with van der Waals surface area (Å²) in [6, 6.07) is 27.9. The second kappa shape index (κ2) is 11.1. The van der Waals surface area contributed by atoms with Crippen molar-refractivity contribution in [1.29, 1.82) is 0 Å². The molecule has 1 aromatic heterocycles. The van der Waals surface area contributed by atoms with Crippen molar-refractivity contribution in [2.24, 2.45) is 0 Å². The summed E-state index contributed by atoms with van der Waals surface area (Å²) in [6.45, 7) is 6.99. The van der Waals surface area contributed by atoms with Crippen LogP contribution in [0.2, 0.25) is 0 Å². The molecule has 4 rings (SSSR count). The molecule has 0 radical (unpaired) electrons. The average Bonchev–Trinajstić information content (AvgIpc) is 3.35.